The van der Waals surface area contributed by atoms with Crippen LogP contribution in [0, 0.1) is 10.1 Å². The van der Waals surface area contributed by atoms with E-state index in [0.29, 0.717) is 11.2 Å². The van der Waals surface area contributed by atoms with Crippen LogP contribution in [-0.2, 0) is 10.3 Å². The fourth-order valence-electron chi connectivity index (χ4n) is 2.98. The summed E-state index contributed by atoms with van der Waals surface area (Å²) in [5.41, 5.74) is -0.403. The second-order valence-corrected chi connectivity index (χ2v) is 7.70. The lowest BCUT2D eigenvalue weighted by molar-refractivity contribution is -0.383. The van der Waals surface area contributed by atoms with Crippen molar-refractivity contribution in [1.82, 2.24) is 4.57 Å². The second-order valence-electron chi connectivity index (χ2n) is 7.70. The normalized spacial score (nSPS) is 14.2. The third-order valence-electron chi connectivity index (χ3n) is 4.47. The Kier molecular flexibility index (Phi) is 4.67. The van der Waals surface area contributed by atoms with Crippen molar-refractivity contribution in [3.05, 3.63) is 44.2 Å². The van der Waals surface area contributed by atoms with Gasteiger partial charge in [0.15, 0.2) is 0 Å². The number of ether oxygens (including phenoxy) is 1. The van der Waals surface area contributed by atoms with E-state index in [-0.39, 0.29) is 29.3 Å². The summed E-state index contributed by atoms with van der Waals surface area (Å²) in [6.45, 7) is 7.59. The van der Waals surface area contributed by atoms with Crippen molar-refractivity contribution in [2.75, 3.05) is 11.9 Å². The van der Waals surface area contributed by atoms with Crippen molar-refractivity contribution in [3.63, 3.8) is 0 Å². The minimum Gasteiger partial charge on any atom is -0.462 e. The molecule has 144 valence electrons. The Bertz CT molecular complexity index is 983. The fraction of sp³-hybridized carbons (Fsp3) is 0.474. The number of aromatic nitrogens is 1. The largest absolute Gasteiger partial charge is 0.462 e. The molecule has 0 spiro atoms. The van der Waals surface area contributed by atoms with Gasteiger partial charge in [0, 0.05) is 23.8 Å². The van der Waals surface area contributed by atoms with Crippen molar-refractivity contribution < 1.29 is 14.5 Å². The van der Waals surface area contributed by atoms with E-state index in [0.717, 1.165) is 12.8 Å². The molecule has 3 rings (SSSR count). The third kappa shape index (κ3) is 3.65. The van der Waals surface area contributed by atoms with Crippen LogP contribution in [0.25, 0.3) is 10.9 Å². The van der Waals surface area contributed by atoms with E-state index in [2.05, 4.69) is 5.32 Å². The Morgan fingerprint density at radius 2 is 2.04 bits per heavy atom. The van der Waals surface area contributed by atoms with Crippen LogP contribution in [0.4, 0.5) is 11.4 Å². The highest BCUT2D eigenvalue weighted by Crippen LogP contribution is 2.35. The second kappa shape index (κ2) is 6.68. The number of hydrogen-bond donors (Lipinski definition) is 1. The van der Waals surface area contributed by atoms with Gasteiger partial charge < -0.3 is 14.6 Å². The van der Waals surface area contributed by atoms with Gasteiger partial charge in [-0.3, -0.25) is 14.9 Å². The fourth-order valence-corrected chi connectivity index (χ4v) is 2.98. The molecular formula is C19H23N3O5. The van der Waals surface area contributed by atoms with Gasteiger partial charge in [-0.2, -0.15) is 0 Å². The number of benzene rings is 1. The molecule has 1 heterocycles. The molecule has 0 aliphatic heterocycles. The van der Waals surface area contributed by atoms with Crippen LogP contribution in [0.15, 0.2) is 23.1 Å². The lowest BCUT2D eigenvalue weighted by Crippen LogP contribution is -2.28. The number of rotatable bonds is 5. The van der Waals surface area contributed by atoms with Crippen molar-refractivity contribution in [3.8, 4) is 0 Å². The van der Waals surface area contributed by atoms with Gasteiger partial charge in [0.25, 0.3) is 5.69 Å². The predicted octanol–water partition coefficient (Wildman–Crippen LogP) is 3.42. The monoisotopic (exact) mass is 373 g/mol. The number of nitro groups is 1. The van der Waals surface area contributed by atoms with E-state index >= 15 is 0 Å². The summed E-state index contributed by atoms with van der Waals surface area (Å²) in [6.07, 6.45) is 3.40. The van der Waals surface area contributed by atoms with Gasteiger partial charge >= 0.3 is 5.97 Å². The molecular weight excluding hydrogens is 350 g/mol. The Morgan fingerprint density at radius 1 is 1.37 bits per heavy atom. The molecule has 1 N–H and O–H groups in total. The molecule has 1 aromatic carbocycles. The SMILES string of the molecule is CCOC(=O)c1cn(C(C)(C)C)c2cc(NC3CC3)c([N+](=O)[O-])cc2c1=O. The van der Waals surface area contributed by atoms with E-state index in [4.69, 9.17) is 4.74 Å². The Balaban J connectivity index is 2.35. The van der Waals surface area contributed by atoms with E-state index in [1.807, 2.05) is 20.8 Å². The van der Waals surface area contributed by atoms with E-state index in [9.17, 15) is 19.7 Å². The molecule has 0 amide bonds. The Hall–Kier alpha value is -2.90. The molecule has 0 unspecified atom stereocenters. The Labute approximate surface area is 156 Å². The molecule has 0 atom stereocenters. The number of anilines is 1. The molecule has 1 aliphatic rings. The summed E-state index contributed by atoms with van der Waals surface area (Å²) < 4.78 is 6.78. The number of nitro benzene ring substituents is 1. The van der Waals surface area contributed by atoms with Gasteiger partial charge in [-0.05, 0) is 46.6 Å². The molecule has 1 aliphatic carbocycles. The first-order chi connectivity index (χ1) is 12.6. The zero-order valence-electron chi connectivity index (χ0n) is 15.9. The molecule has 0 radical (unpaired) electrons. The molecule has 0 bridgehead atoms. The lowest BCUT2D eigenvalue weighted by Gasteiger charge is -2.26. The highest BCUT2D eigenvalue weighted by Gasteiger charge is 2.28. The highest BCUT2D eigenvalue weighted by molar-refractivity contribution is 5.96. The topological polar surface area (TPSA) is 103 Å². The summed E-state index contributed by atoms with van der Waals surface area (Å²) >= 11 is 0. The van der Waals surface area contributed by atoms with Crippen molar-refractivity contribution in [1.29, 1.82) is 0 Å². The van der Waals surface area contributed by atoms with Crippen LogP contribution in [0.3, 0.4) is 0 Å². The van der Waals surface area contributed by atoms with Crippen molar-refractivity contribution in [2.24, 2.45) is 0 Å². The van der Waals surface area contributed by atoms with Gasteiger partial charge in [0.05, 0.1) is 22.4 Å². The molecule has 27 heavy (non-hydrogen) atoms. The van der Waals surface area contributed by atoms with Crippen molar-refractivity contribution in [2.45, 2.75) is 52.1 Å². The number of carbonyl (C=O) groups excluding carboxylic acids is 1. The minimum atomic E-state index is -0.731. The van der Waals surface area contributed by atoms with Gasteiger partial charge in [0.2, 0.25) is 5.43 Å². The summed E-state index contributed by atoms with van der Waals surface area (Å²) in [7, 11) is 0. The van der Waals surface area contributed by atoms with E-state index in [1.54, 1.807) is 17.6 Å². The maximum atomic E-state index is 12.9. The van der Waals surface area contributed by atoms with Crippen LogP contribution in [-0.4, -0.2) is 28.1 Å². The zero-order valence-corrected chi connectivity index (χ0v) is 15.9. The lowest BCUT2D eigenvalue weighted by atomic mass is 10.0. The van der Waals surface area contributed by atoms with Gasteiger partial charge in [-0.15, -0.1) is 0 Å². The minimum absolute atomic E-state index is 0.128. The first kappa shape index (κ1) is 18.9. The van der Waals surface area contributed by atoms with Gasteiger partial charge in [-0.1, -0.05) is 0 Å². The average molecular weight is 373 g/mol. The standard InChI is InChI=1S/C19H23N3O5/c1-5-27-18(24)13-10-21(19(2,3)4)15-9-14(20-11-6-7-11)16(22(25)26)8-12(15)17(13)23/h8-11,20H,5-7H2,1-4H3. The van der Waals surface area contributed by atoms with Crippen LogP contribution >= 0.6 is 0 Å². The summed E-state index contributed by atoms with van der Waals surface area (Å²) in [5, 5.41) is 14.8. The quantitative estimate of drug-likeness (QED) is 0.489. The van der Waals surface area contributed by atoms with Crippen LogP contribution in [0.5, 0.6) is 0 Å². The number of carbonyl (C=O) groups is 1. The zero-order chi connectivity index (χ0) is 19.9. The summed E-state index contributed by atoms with van der Waals surface area (Å²) in [6, 6.07) is 3.11. The van der Waals surface area contributed by atoms with E-state index < -0.39 is 21.9 Å². The average Bonchev–Trinajstić information content (AvgIpc) is 3.37. The molecule has 1 aromatic heterocycles. The highest BCUT2D eigenvalue weighted by atomic mass is 16.6. The van der Waals surface area contributed by atoms with Gasteiger partial charge in [-0.25, -0.2) is 4.79 Å². The molecule has 8 heteroatoms. The molecule has 1 fully saturated rings. The van der Waals surface area contributed by atoms with Crippen LogP contribution in [0.1, 0.15) is 50.9 Å². The first-order valence-electron chi connectivity index (χ1n) is 8.95. The third-order valence-corrected chi connectivity index (χ3v) is 4.47. The summed E-state index contributed by atoms with van der Waals surface area (Å²) in [5.74, 6) is -0.731. The molecule has 0 saturated heterocycles. The van der Waals surface area contributed by atoms with E-state index in [1.165, 1.54) is 12.3 Å². The predicted molar refractivity (Wildman–Crippen MR) is 102 cm³/mol. The Morgan fingerprint density at radius 3 is 2.56 bits per heavy atom. The van der Waals surface area contributed by atoms with Crippen molar-refractivity contribution >= 4 is 28.2 Å². The van der Waals surface area contributed by atoms with Crippen LogP contribution in [0.2, 0.25) is 0 Å². The number of nitrogens with one attached hydrogen (secondary N) is 1. The number of pyridine rings is 1. The summed E-state index contributed by atoms with van der Waals surface area (Å²) in [4.78, 5) is 36.2. The maximum absolute atomic E-state index is 12.9. The molecule has 8 nitrogen and oxygen atoms in total. The van der Waals surface area contributed by atoms with Gasteiger partial charge in [0.1, 0.15) is 11.3 Å². The number of hydrogen-bond acceptors (Lipinski definition) is 6. The molecule has 2 aromatic rings. The number of nitrogens with zero attached hydrogens (tertiary/aromatic N) is 2. The maximum Gasteiger partial charge on any atom is 0.343 e. The number of fused-ring (bicyclic) bond motifs is 1. The first-order valence-corrected chi connectivity index (χ1v) is 8.95. The number of esters is 1. The molecule has 1 saturated carbocycles. The van der Waals surface area contributed by atoms with Crippen LogP contribution < -0.4 is 10.7 Å². The smallest absolute Gasteiger partial charge is 0.343 e.